The minimum absolute atomic E-state index is 0.0292. The molecule has 2 aromatic carbocycles. The topological polar surface area (TPSA) is 96.0 Å². The van der Waals surface area contributed by atoms with Gasteiger partial charge < -0.3 is 10.1 Å². The molecule has 2 heterocycles. The summed E-state index contributed by atoms with van der Waals surface area (Å²) < 4.78 is 33.4. The molecule has 0 aromatic heterocycles. The number of Topliss-reactive ketones (excluding diaryl/α,β-unsaturated/α-hetero) is 1. The summed E-state index contributed by atoms with van der Waals surface area (Å²) in [7, 11) is -3.74. The maximum Gasteiger partial charge on any atom is 0.296 e. The van der Waals surface area contributed by atoms with Crippen LogP contribution >= 0.6 is 0 Å². The second kappa shape index (κ2) is 8.89. The highest BCUT2D eigenvalue weighted by Crippen LogP contribution is 2.28. The normalized spacial score (nSPS) is 17.7. The van der Waals surface area contributed by atoms with Crippen molar-refractivity contribution in [1.29, 1.82) is 0 Å². The number of anilines is 1. The highest BCUT2D eigenvalue weighted by Gasteiger charge is 2.33. The molecule has 0 atom stereocenters. The third kappa shape index (κ3) is 4.95. The van der Waals surface area contributed by atoms with Gasteiger partial charge in [-0.2, -0.15) is 4.31 Å². The van der Waals surface area contributed by atoms with Crippen molar-refractivity contribution in [2.24, 2.45) is 0 Å². The van der Waals surface area contributed by atoms with Gasteiger partial charge in [0.05, 0.1) is 16.1 Å². The van der Waals surface area contributed by atoms with Crippen LogP contribution in [-0.2, 0) is 20.2 Å². The predicted octanol–water partition coefficient (Wildman–Crippen LogP) is 2.50. The van der Waals surface area contributed by atoms with Crippen molar-refractivity contribution in [3.8, 4) is 5.75 Å². The van der Waals surface area contributed by atoms with Gasteiger partial charge in [-0.3, -0.25) is 14.5 Å². The zero-order valence-electron chi connectivity index (χ0n) is 19.1. The standard InChI is InChI=1S/C24H29N3O5S/c1-24(2,3)17-4-6-18(7-5-17)32-15-14-26-10-12-27(13-11-26)33(30,31)19-8-9-21-20(16-19)22(28)23(29)25-21/h4-9,16H,10-15H2,1-3H3,(H,25,28,29). The van der Waals surface area contributed by atoms with E-state index in [2.05, 4.69) is 43.1 Å². The Morgan fingerprint density at radius 1 is 0.970 bits per heavy atom. The quantitative estimate of drug-likeness (QED) is 0.651. The van der Waals surface area contributed by atoms with Crippen LogP contribution in [0.15, 0.2) is 47.4 Å². The lowest BCUT2D eigenvalue weighted by Gasteiger charge is -2.33. The number of nitrogens with zero attached hydrogens (tertiary/aromatic N) is 2. The molecule has 0 unspecified atom stereocenters. The molecule has 1 amide bonds. The average molecular weight is 472 g/mol. The highest BCUT2D eigenvalue weighted by molar-refractivity contribution is 7.89. The van der Waals surface area contributed by atoms with Gasteiger partial charge in [-0.1, -0.05) is 32.9 Å². The van der Waals surface area contributed by atoms with Crippen molar-refractivity contribution >= 4 is 27.4 Å². The number of hydrogen-bond acceptors (Lipinski definition) is 6. The van der Waals surface area contributed by atoms with Crippen molar-refractivity contribution in [2.45, 2.75) is 31.1 Å². The second-order valence-corrected chi connectivity index (χ2v) is 11.3. The first kappa shape index (κ1) is 23.4. The third-order valence-electron chi connectivity index (χ3n) is 6.06. The summed E-state index contributed by atoms with van der Waals surface area (Å²) in [6.07, 6.45) is 0. The number of hydrogen-bond donors (Lipinski definition) is 1. The lowest BCUT2D eigenvalue weighted by atomic mass is 9.87. The van der Waals surface area contributed by atoms with Crippen LogP contribution in [0.3, 0.4) is 0 Å². The fraction of sp³-hybridized carbons (Fsp3) is 0.417. The number of amides is 1. The Hall–Kier alpha value is -2.75. The van der Waals surface area contributed by atoms with Crippen molar-refractivity contribution in [2.75, 3.05) is 44.6 Å². The van der Waals surface area contributed by atoms with Gasteiger partial charge in [0.15, 0.2) is 0 Å². The van der Waals surface area contributed by atoms with E-state index >= 15 is 0 Å². The number of ether oxygens (including phenoxy) is 1. The Morgan fingerprint density at radius 2 is 1.64 bits per heavy atom. The van der Waals surface area contributed by atoms with Crippen LogP contribution in [0.25, 0.3) is 0 Å². The molecule has 176 valence electrons. The SMILES string of the molecule is CC(C)(C)c1ccc(OCCN2CCN(S(=O)(=O)c3ccc4c(c3)C(=O)C(=O)N4)CC2)cc1. The minimum Gasteiger partial charge on any atom is -0.492 e. The first-order valence-corrected chi connectivity index (χ1v) is 12.5. The van der Waals surface area contributed by atoms with Crippen molar-refractivity contribution in [3.05, 3.63) is 53.6 Å². The smallest absolute Gasteiger partial charge is 0.296 e. The van der Waals surface area contributed by atoms with Gasteiger partial charge in [-0.05, 0) is 41.3 Å². The summed E-state index contributed by atoms with van der Waals surface area (Å²) >= 11 is 0. The molecule has 8 nitrogen and oxygen atoms in total. The molecule has 1 fully saturated rings. The van der Waals surface area contributed by atoms with Crippen LogP contribution in [0.2, 0.25) is 0 Å². The maximum atomic E-state index is 13.0. The van der Waals surface area contributed by atoms with Gasteiger partial charge in [0.1, 0.15) is 12.4 Å². The van der Waals surface area contributed by atoms with Crippen LogP contribution < -0.4 is 10.1 Å². The molecule has 9 heteroatoms. The molecular weight excluding hydrogens is 442 g/mol. The van der Waals surface area contributed by atoms with E-state index in [1.807, 2.05) is 12.1 Å². The third-order valence-corrected chi connectivity index (χ3v) is 7.95. The van der Waals surface area contributed by atoms with E-state index in [9.17, 15) is 18.0 Å². The van der Waals surface area contributed by atoms with Gasteiger partial charge in [0.2, 0.25) is 10.0 Å². The van der Waals surface area contributed by atoms with Crippen molar-refractivity contribution in [1.82, 2.24) is 9.21 Å². The first-order chi connectivity index (χ1) is 15.6. The number of nitrogens with one attached hydrogen (secondary N) is 1. The van der Waals surface area contributed by atoms with E-state index in [1.165, 1.54) is 28.1 Å². The van der Waals surface area contributed by atoms with E-state index < -0.39 is 21.7 Å². The van der Waals surface area contributed by atoms with E-state index in [1.54, 1.807) is 0 Å². The fourth-order valence-electron chi connectivity index (χ4n) is 3.97. The summed E-state index contributed by atoms with van der Waals surface area (Å²) in [6, 6.07) is 12.3. The van der Waals surface area contributed by atoms with Gasteiger partial charge >= 0.3 is 0 Å². The van der Waals surface area contributed by atoms with Crippen LogP contribution in [0, 0.1) is 0 Å². The Balaban J connectivity index is 1.29. The predicted molar refractivity (Wildman–Crippen MR) is 125 cm³/mol. The number of carbonyl (C=O) groups is 2. The number of benzene rings is 2. The molecule has 2 aromatic rings. The van der Waals surface area contributed by atoms with Crippen LogP contribution in [0.5, 0.6) is 5.75 Å². The molecule has 0 spiro atoms. The Kier molecular flexibility index (Phi) is 6.30. The summed E-state index contributed by atoms with van der Waals surface area (Å²) in [5.74, 6) is -0.621. The van der Waals surface area contributed by atoms with E-state index in [0.717, 1.165) is 5.75 Å². The summed E-state index contributed by atoms with van der Waals surface area (Å²) in [4.78, 5) is 25.6. The van der Waals surface area contributed by atoms with Crippen molar-refractivity contribution in [3.63, 3.8) is 0 Å². The largest absolute Gasteiger partial charge is 0.492 e. The Bertz CT molecular complexity index is 1160. The molecular formula is C24H29N3O5S. The summed E-state index contributed by atoms with van der Waals surface area (Å²) in [5.41, 5.74) is 1.80. The van der Waals surface area contributed by atoms with Gasteiger partial charge in [-0.15, -0.1) is 0 Å². The zero-order valence-corrected chi connectivity index (χ0v) is 19.9. The summed E-state index contributed by atoms with van der Waals surface area (Å²) in [5, 5.41) is 2.44. The average Bonchev–Trinajstić information content (AvgIpc) is 3.07. The van der Waals surface area contributed by atoms with Crippen LogP contribution in [0.1, 0.15) is 36.7 Å². The molecule has 0 bridgehead atoms. The Labute approximate surface area is 194 Å². The fourth-order valence-corrected chi connectivity index (χ4v) is 5.42. The van der Waals surface area contributed by atoms with Gasteiger partial charge in [0.25, 0.3) is 11.7 Å². The van der Waals surface area contributed by atoms with Gasteiger partial charge in [0, 0.05) is 32.7 Å². The molecule has 2 aliphatic heterocycles. The molecule has 0 radical (unpaired) electrons. The summed E-state index contributed by atoms with van der Waals surface area (Å²) in [6.45, 7) is 9.63. The molecule has 0 saturated carbocycles. The lowest BCUT2D eigenvalue weighted by Crippen LogP contribution is -2.49. The van der Waals surface area contributed by atoms with Gasteiger partial charge in [-0.25, -0.2) is 8.42 Å². The maximum absolute atomic E-state index is 13.0. The van der Waals surface area contributed by atoms with E-state index in [-0.39, 0.29) is 15.9 Å². The first-order valence-electron chi connectivity index (χ1n) is 11.0. The number of sulfonamides is 1. The van der Waals surface area contributed by atoms with Crippen LogP contribution in [0.4, 0.5) is 5.69 Å². The number of ketones is 1. The van der Waals surface area contributed by atoms with E-state index in [4.69, 9.17) is 4.74 Å². The highest BCUT2D eigenvalue weighted by atomic mass is 32.2. The molecule has 1 saturated heterocycles. The molecule has 33 heavy (non-hydrogen) atoms. The molecule has 0 aliphatic carbocycles. The molecule has 4 rings (SSSR count). The lowest BCUT2D eigenvalue weighted by molar-refractivity contribution is -0.112. The number of fused-ring (bicyclic) bond motifs is 1. The number of carbonyl (C=O) groups excluding carboxylic acids is 2. The second-order valence-electron chi connectivity index (χ2n) is 9.36. The molecule has 2 aliphatic rings. The molecule has 1 N–H and O–H groups in total. The Morgan fingerprint density at radius 3 is 2.27 bits per heavy atom. The minimum atomic E-state index is -3.74. The van der Waals surface area contributed by atoms with E-state index in [0.29, 0.717) is 45.0 Å². The zero-order chi connectivity index (χ0) is 23.8. The number of rotatable bonds is 6. The van der Waals surface area contributed by atoms with Crippen molar-refractivity contribution < 1.29 is 22.7 Å². The number of piperazine rings is 1. The van der Waals surface area contributed by atoms with Crippen LogP contribution in [-0.4, -0.2) is 68.6 Å². The monoisotopic (exact) mass is 471 g/mol.